The number of carbonyl (C=O) groups excluding carboxylic acids is 1. The summed E-state index contributed by atoms with van der Waals surface area (Å²) in [6.45, 7) is 2.67. The summed E-state index contributed by atoms with van der Waals surface area (Å²) in [5.41, 5.74) is 0.933. The minimum Gasteiger partial charge on any atom is -0.469 e. The van der Waals surface area contributed by atoms with Crippen LogP contribution in [0.4, 0.5) is 0 Å². The summed E-state index contributed by atoms with van der Waals surface area (Å²) in [4.78, 5) is 12.0. The molecule has 1 aliphatic rings. The summed E-state index contributed by atoms with van der Waals surface area (Å²) < 4.78 is 7.23. The molecule has 1 unspecified atom stereocenters. The zero-order valence-corrected chi connectivity index (χ0v) is 12.9. The smallest absolute Gasteiger partial charge is 0.233 e. The molecule has 2 aromatic heterocycles. The first-order valence-corrected chi connectivity index (χ1v) is 7.93. The quantitative estimate of drug-likeness (QED) is 0.940. The van der Waals surface area contributed by atoms with Crippen molar-refractivity contribution in [2.45, 2.75) is 36.6 Å². The fourth-order valence-corrected chi connectivity index (χ4v) is 3.48. The van der Waals surface area contributed by atoms with Gasteiger partial charge in [-0.2, -0.15) is 0 Å². The molecule has 0 aromatic carbocycles. The third kappa shape index (κ3) is 2.83. The zero-order valence-electron chi connectivity index (χ0n) is 12.1. The highest BCUT2D eigenvalue weighted by atomic mass is 32.2. The molecule has 0 saturated carbocycles. The van der Waals surface area contributed by atoms with Gasteiger partial charge in [0.1, 0.15) is 5.76 Å². The summed E-state index contributed by atoms with van der Waals surface area (Å²) in [6.07, 6.45) is 4.62. The van der Waals surface area contributed by atoms with Gasteiger partial charge in [0.15, 0.2) is 11.0 Å². The topological polar surface area (TPSA) is 73.0 Å². The Morgan fingerprint density at radius 2 is 2.29 bits per heavy atom. The summed E-state index contributed by atoms with van der Waals surface area (Å²) in [5, 5.41) is 12.1. The number of furan rings is 1. The van der Waals surface area contributed by atoms with Gasteiger partial charge in [-0.25, -0.2) is 0 Å². The number of aryl methyl sites for hydroxylation is 1. The van der Waals surface area contributed by atoms with Crippen molar-refractivity contribution in [3.05, 3.63) is 18.1 Å². The van der Waals surface area contributed by atoms with E-state index in [1.165, 1.54) is 11.8 Å². The van der Waals surface area contributed by atoms with Crippen LogP contribution in [0.2, 0.25) is 0 Å². The predicted octanol–water partition coefficient (Wildman–Crippen LogP) is 2.14. The number of amides is 1. The number of nitrogens with zero attached hydrogens (tertiary/aromatic N) is 3. The van der Waals surface area contributed by atoms with Crippen molar-refractivity contribution in [2.75, 3.05) is 6.54 Å². The molecule has 1 amide bonds. The van der Waals surface area contributed by atoms with Crippen molar-refractivity contribution in [1.82, 2.24) is 20.1 Å². The highest BCUT2D eigenvalue weighted by Gasteiger charge is 2.25. The Hall–Kier alpha value is -1.76. The first-order valence-electron chi connectivity index (χ1n) is 7.05. The van der Waals surface area contributed by atoms with E-state index in [-0.39, 0.29) is 11.2 Å². The third-order valence-electron chi connectivity index (χ3n) is 3.67. The largest absolute Gasteiger partial charge is 0.469 e. The van der Waals surface area contributed by atoms with Gasteiger partial charge in [-0.05, 0) is 25.8 Å². The summed E-state index contributed by atoms with van der Waals surface area (Å²) in [6, 6.07) is 1.88. The Kier molecular flexibility index (Phi) is 4.01. The molecular weight excluding hydrogens is 288 g/mol. The molecule has 6 nitrogen and oxygen atoms in total. The monoisotopic (exact) mass is 306 g/mol. The average Bonchev–Trinajstić information content (AvgIpc) is 2.96. The second kappa shape index (κ2) is 5.93. The zero-order chi connectivity index (χ0) is 14.8. The molecule has 1 aliphatic heterocycles. The van der Waals surface area contributed by atoms with Crippen LogP contribution >= 0.6 is 11.8 Å². The molecule has 3 heterocycles. The van der Waals surface area contributed by atoms with Gasteiger partial charge in [-0.15, -0.1) is 10.2 Å². The van der Waals surface area contributed by atoms with Gasteiger partial charge >= 0.3 is 0 Å². The molecule has 0 aliphatic carbocycles. The minimum absolute atomic E-state index is 0.0892. The van der Waals surface area contributed by atoms with Crippen molar-refractivity contribution in [1.29, 1.82) is 0 Å². The molecule has 7 heteroatoms. The molecule has 3 rings (SSSR count). The summed E-state index contributed by atoms with van der Waals surface area (Å²) in [5.74, 6) is 1.67. The van der Waals surface area contributed by atoms with Gasteiger partial charge < -0.3 is 14.3 Å². The molecule has 2 aromatic rings. The maximum absolute atomic E-state index is 12.0. The second-order valence-electron chi connectivity index (χ2n) is 5.15. The Morgan fingerprint density at radius 3 is 3.05 bits per heavy atom. The molecule has 1 saturated heterocycles. The lowest BCUT2D eigenvalue weighted by molar-refractivity contribution is -0.120. The lowest BCUT2D eigenvalue weighted by Gasteiger charge is -2.11. The molecule has 21 heavy (non-hydrogen) atoms. The highest BCUT2D eigenvalue weighted by Crippen LogP contribution is 2.30. The van der Waals surface area contributed by atoms with Crippen LogP contribution in [0.5, 0.6) is 0 Å². The van der Waals surface area contributed by atoms with Gasteiger partial charge in [-0.3, -0.25) is 4.79 Å². The van der Waals surface area contributed by atoms with Gasteiger partial charge in [-0.1, -0.05) is 18.2 Å². The van der Waals surface area contributed by atoms with Crippen LogP contribution in [0.1, 0.15) is 25.0 Å². The van der Waals surface area contributed by atoms with Crippen molar-refractivity contribution < 1.29 is 9.21 Å². The maximum atomic E-state index is 12.0. The van der Waals surface area contributed by atoms with Crippen LogP contribution in [0.15, 0.2) is 21.9 Å². The molecule has 0 spiro atoms. The van der Waals surface area contributed by atoms with Crippen molar-refractivity contribution in [3.63, 3.8) is 0 Å². The lowest BCUT2D eigenvalue weighted by Crippen LogP contribution is -2.30. The Balaban J connectivity index is 1.82. The first-order chi connectivity index (χ1) is 10.2. The number of rotatable bonds is 3. The highest BCUT2D eigenvalue weighted by molar-refractivity contribution is 8.00. The molecule has 112 valence electrons. The number of carbonyl (C=O) groups is 1. The van der Waals surface area contributed by atoms with Gasteiger partial charge in [0.25, 0.3) is 0 Å². The predicted molar refractivity (Wildman–Crippen MR) is 79.9 cm³/mol. The first kappa shape index (κ1) is 14.2. The van der Waals surface area contributed by atoms with E-state index in [1.807, 2.05) is 24.6 Å². The van der Waals surface area contributed by atoms with Gasteiger partial charge in [0, 0.05) is 13.6 Å². The van der Waals surface area contributed by atoms with E-state index >= 15 is 0 Å². The van der Waals surface area contributed by atoms with E-state index in [4.69, 9.17) is 4.42 Å². The third-order valence-corrected chi connectivity index (χ3v) is 4.97. The van der Waals surface area contributed by atoms with Crippen LogP contribution in [0.3, 0.4) is 0 Å². The van der Waals surface area contributed by atoms with E-state index in [0.717, 1.165) is 48.1 Å². The molecule has 1 N–H and O–H groups in total. The van der Waals surface area contributed by atoms with Crippen LogP contribution in [0.25, 0.3) is 11.4 Å². The fraction of sp³-hybridized carbons (Fsp3) is 0.500. The molecule has 1 atom stereocenters. The van der Waals surface area contributed by atoms with Gasteiger partial charge in [0.05, 0.1) is 17.1 Å². The van der Waals surface area contributed by atoms with E-state index in [2.05, 4.69) is 15.5 Å². The van der Waals surface area contributed by atoms with Crippen LogP contribution in [-0.4, -0.2) is 32.5 Å². The van der Waals surface area contributed by atoms with Crippen LogP contribution < -0.4 is 5.32 Å². The number of hydrogen-bond acceptors (Lipinski definition) is 5. The average molecular weight is 306 g/mol. The summed E-state index contributed by atoms with van der Waals surface area (Å²) >= 11 is 1.48. The number of nitrogens with one attached hydrogen (secondary N) is 1. The van der Waals surface area contributed by atoms with E-state index in [0.29, 0.717) is 0 Å². The standard InChI is InChI=1S/C14H18N4O2S/c1-9-10(6-8-20-9)12-16-17-14(18(12)2)21-11-5-3-4-7-15-13(11)19/h6,8,11H,3-5,7H2,1-2H3,(H,15,19). The molecular formula is C14H18N4O2S. The number of hydrogen-bond donors (Lipinski definition) is 1. The van der Waals surface area contributed by atoms with E-state index < -0.39 is 0 Å². The number of thioether (sulfide) groups is 1. The second-order valence-corrected chi connectivity index (χ2v) is 6.32. The minimum atomic E-state index is -0.0892. The molecule has 0 radical (unpaired) electrons. The lowest BCUT2D eigenvalue weighted by atomic mass is 10.2. The number of aromatic nitrogens is 3. The summed E-state index contributed by atoms with van der Waals surface area (Å²) in [7, 11) is 1.92. The van der Waals surface area contributed by atoms with E-state index in [9.17, 15) is 4.79 Å². The Morgan fingerprint density at radius 1 is 1.43 bits per heavy atom. The van der Waals surface area contributed by atoms with Crippen molar-refractivity contribution >= 4 is 17.7 Å². The van der Waals surface area contributed by atoms with Crippen molar-refractivity contribution in [3.8, 4) is 11.4 Å². The Bertz CT molecular complexity index is 649. The maximum Gasteiger partial charge on any atom is 0.233 e. The normalized spacial score (nSPS) is 19.3. The van der Waals surface area contributed by atoms with Crippen LogP contribution in [0, 0.1) is 6.92 Å². The van der Waals surface area contributed by atoms with Gasteiger partial charge in [0.2, 0.25) is 5.91 Å². The van der Waals surface area contributed by atoms with E-state index in [1.54, 1.807) is 6.26 Å². The van der Waals surface area contributed by atoms with Crippen molar-refractivity contribution in [2.24, 2.45) is 7.05 Å². The molecule has 1 fully saturated rings. The Labute approximate surface area is 127 Å². The van der Waals surface area contributed by atoms with Crippen LogP contribution in [-0.2, 0) is 11.8 Å². The molecule has 0 bridgehead atoms. The SMILES string of the molecule is Cc1occc1-c1nnc(SC2CCCCNC2=O)n1C. The fourth-order valence-electron chi connectivity index (χ4n) is 2.42.